The molecule has 0 aromatic heterocycles. The monoisotopic (exact) mass is 277 g/mol. The Hall–Kier alpha value is -2.04. The van der Waals surface area contributed by atoms with E-state index < -0.39 is 5.97 Å². The van der Waals surface area contributed by atoms with Crippen LogP contribution in [0.1, 0.15) is 40.0 Å². The number of carboxylic acids is 1. The Morgan fingerprint density at radius 2 is 1.95 bits per heavy atom. The van der Waals surface area contributed by atoms with Gasteiger partial charge in [-0.15, -0.1) is 0 Å². The van der Waals surface area contributed by atoms with Crippen molar-refractivity contribution >= 4 is 11.9 Å². The van der Waals surface area contributed by atoms with Crippen LogP contribution < -0.4 is 4.74 Å². The van der Waals surface area contributed by atoms with Crippen LogP contribution >= 0.6 is 0 Å². The molecule has 0 spiro atoms. The summed E-state index contributed by atoms with van der Waals surface area (Å²) in [6.45, 7) is 0.721. The predicted octanol–water partition coefficient (Wildman–Crippen LogP) is 2.27. The maximum Gasteiger partial charge on any atom is 0.335 e. The highest BCUT2D eigenvalue weighted by Crippen LogP contribution is 2.27. The molecule has 1 saturated carbocycles. The quantitative estimate of drug-likeness (QED) is 0.896. The first-order valence-electron chi connectivity index (χ1n) is 6.69. The summed E-state index contributed by atoms with van der Waals surface area (Å²) in [5.41, 5.74) is 0.410. The summed E-state index contributed by atoms with van der Waals surface area (Å²) in [4.78, 5) is 25.1. The fourth-order valence-corrected chi connectivity index (χ4v) is 2.33. The molecule has 1 aliphatic rings. The average Bonchev–Trinajstić information content (AvgIpc) is 2.41. The van der Waals surface area contributed by atoms with Crippen LogP contribution in [0.2, 0.25) is 0 Å². The molecule has 0 unspecified atom stereocenters. The zero-order valence-corrected chi connectivity index (χ0v) is 11.8. The minimum absolute atomic E-state index is 0.0599. The maximum atomic E-state index is 12.3. The molecular weight excluding hydrogens is 258 g/mol. The number of aromatic carboxylic acids is 1. The number of nitrogens with zero attached hydrogens (tertiary/aromatic N) is 1. The van der Waals surface area contributed by atoms with Gasteiger partial charge >= 0.3 is 5.97 Å². The van der Waals surface area contributed by atoms with Crippen molar-refractivity contribution in [1.29, 1.82) is 0 Å². The van der Waals surface area contributed by atoms with E-state index in [-0.39, 0.29) is 11.5 Å². The van der Waals surface area contributed by atoms with Gasteiger partial charge in [-0.1, -0.05) is 6.42 Å². The van der Waals surface area contributed by atoms with Gasteiger partial charge in [0.2, 0.25) is 0 Å². The van der Waals surface area contributed by atoms with Crippen LogP contribution in [-0.2, 0) is 0 Å². The van der Waals surface area contributed by atoms with Crippen molar-refractivity contribution in [3.05, 3.63) is 29.3 Å². The number of carboxylic acid groups (broad SMARTS) is 1. The lowest BCUT2D eigenvalue weighted by molar-refractivity contribution is 0.0696. The standard InChI is InChI=1S/C15H19NO4/c1-16(9-10-4-3-5-10)14(17)11-6-12(15(18)19)8-13(7-11)20-2/h6-8,10H,3-5,9H2,1-2H3,(H,18,19). The molecule has 0 radical (unpaired) electrons. The molecule has 2 rings (SSSR count). The van der Waals surface area contributed by atoms with E-state index in [4.69, 9.17) is 9.84 Å². The van der Waals surface area contributed by atoms with Gasteiger partial charge in [0.1, 0.15) is 5.75 Å². The summed E-state index contributed by atoms with van der Waals surface area (Å²) >= 11 is 0. The van der Waals surface area contributed by atoms with E-state index in [0.29, 0.717) is 17.2 Å². The minimum atomic E-state index is -1.07. The number of hydrogen-bond donors (Lipinski definition) is 1. The zero-order valence-electron chi connectivity index (χ0n) is 11.8. The highest BCUT2D eigenvalue weighted by molar-refractivity contribution is 5.98. The molecule has 1 aromatic rings. The Bertz CT molecular complexity index is 523. The van der Waals surface area contributed by atoms with Crippen molar-refractivity contribution in [3.63, 3.8) is 0 Å². The van der Waals surface area contributed by atoms with Gasteiger partial charge in [-0.2, -0.15) is 0 Å². The minimum Gasteiger partial charge on any atom is -0.497 e. The van der Waals surface area contributed by atoms with E-state index in [0.717, 1.165) is 19.4 Å². The normalized spacial score (nSPS) is 14.5. The van der Waals surface area contributed by atoms with Crippen LogP contribution in [0.5, 0.6) is 5.75 Å². The fraction of sp³-hybridized carbons (Fsp3) is 0.467. The van der Waals surface area contributed by atoms with E-state index in [1.54, 1.807) is 18.0 Å². The molecule has 0 aliphatic heterocycles. The van der Waals surface area contributed by atoms with Gasteiger partial charge in [-0.3, -0.25) is 4.79 Å². The predicted molar refractivity (Wildman–Crippen MR) is 74.3 cm³/mol. The first-order chi connectivity index (χ1) is 9.51. The lowest BCUT2D eigenvalue weighted by atomic mass is 9.85. The Kier molecular flexibility index (Phi) is 4.27. The maximum absolute atomic E-state index is 12.3. The lowest BCUT2D eigenvalue weighted by Gasteiger charge is -2.30. The van der Waals surface area contributed by atoms with Crippen LogP contribution in [0.15, 0.2) is 18.2 Å². The molecule has 0 saturated heterocycles. The summed E-state index contributed by atoms with van der Waals surface area (Å²) in [6.07, 6.45) is 3.56. The van der Waals surface area contributed by atoms with Gasteiger partial charge in [-0.25, -0.2) is 4.79 Å². The third kappa shape index (κ3) is 3.10. The summed E-state index contributed by atoms with van der Waals surface area (Å²) in [6, 6.07) is 4.38. The number of carbonyl (C=O) groups is 2. The van der Waals surface area contributed by atoms with Crippen molar-refractivity contribution in [2.24, 2.45) is 5.92 Å². The van der Waals surface area contributed by atoms with Crippen LogP contribution in [-0.4, -0.2) is 42.6 Å². The Labute approximate surface area is 118 Å². The molecule has 108 valence electrons. The van der Waals surface area contributed by atoms with Gasteiger partial charge in [0, 0.05) is 19.2 Å². The topological polar surface area (TPSA) is 66.8 Å². The molecule has 1 fully saturated rings. The molecule has 0 bridgehead atoms. The van der Waals surface area contributed by atoms with Crippen LogP contribution in [0.4, 0.5) is 0 Å². The van der Waals surface area contributed by atoms with Gasteiger partial charge in [-0.05, 0) is 37.0 Å². The van der Waals surface area contributed by atoms with Crippen molar-refractivity contribution < 1.29 is 19.4 Å². The number of benzene rings is 1. The molecule has 1 aromatic carbocycles. The number of methoxy groups -OCH3 is 1. The summed E-state index contributed by atoms with van der Waals surface area (Å²) in [5, 5.41) is 9.06. The molecule has 1 N–H and O–H groups in total. The molecule has 0 heterocycles. The van der Waals surface area contributed by atoms with Crippen molar-refractivity contribution in [1.82, 2.24) is 4.90 Å². The van der Waals surface area contributed by atoms with Gasteiger partial charge in [0.05, 0.1) is 12.7 Å². The number of amides is 1. The lowest BCUT2D eigenvalue weighted by Crippen LogP contribution is -2.34. The van der Waals surface area contributed by atoms with Crippen LogP contribution in [0, 0.1) is 5.92 Å². The van der Waals surface area contributed by atoms with Crippen LogP contribution in [0.25, 0.3) is 0 Å². The van der Waals surface area contributed by atoms with Gasteiger partial charge in [0.15, 0.2) is 0 Å². The van der Waals surface area contributed by atoms with Crippen molar-refractivity contribution in [3.8, 4) is 5.75 Å². The second kappa shape index (κ2) is 5.94. The zero-order chi connectivity index (χ0) is 14.7. The van der Waals surface area contributed by atoms with Crippen molar-refractivity contribution in [2.45, 2.75) is 19.3 Å². The van der Waals surface area contributed by atoms with E-state index >= 15 is 0 Å². The molecule has 5 heteroatoms. The smallest absolute Gasteiger partial charge is 0.335 e. The van der Waals surface area contributed by atoms with E-state index in [9.17, 15) is 9.59 Å². The molecule has 5 nitrogen and oxygen atoms in total. The third-order valence-corrected chi connectivity index (χ3v) is 3.74. The van der Waals surface area contributed by atoms with Crippen molar-refractivity contribution in [2.75, 3.05) is 20.7 Å². The Balaban J connectivity index is 2.18. The summed E-state index contributed by atoms with van der Waals surface area (Å²) in [7, 11) is 3.20. The Morgan fingerprint density at radius 3 is 2.45 bits per heavy atom. The molecular formula is C15H19NO4. The van der Waals surface area contributed by atoms with E-state index in [1.165, 1.54) is 25.7 Å². The van der Waals surface area contributed by atoms with Crippen LogP contribution in [0.3, 0.4) is 0 Å². The van der Waals surface area contributed by atoms with Gasteiger partial charge in [0.25, 0.3) is 5.91 Å². The highest BCUT2D eigenvalue weighted by atomic mass is 16.5. The number of hydrogen-bond acceptors (Lipinski definition) is 3. The third-order valence-electron chi connectivity index (χ3n) is 3.74. The fourth-order valence-electron chi connectivity index (χ4n) is 2.33. The first kappa shape index (κ1) is 14.4. The number of rotatable bonds is 5. The molecule has 0 atom stereocenters. The second-order valence-electron chi connectivity index (χ2n) is 5.24. The molecule has 1 aliphatic carbocycles. The number of ether oxygens (including phenoxy) is 1. The summed E-state index contributed by atoms with van der Waals surface area (Å²) < 4.78 is 5.05. The van der Waals surface area contributed by atoms with E-state index in [2.05, 4.69) is 0 Å². The number of carbonyl (C=O) groups excluding carboxylic acids is 1. The SMILES string of the molecule is COc1cc(C(=O)O)cc(C(=O)N(C)CC2CCC2)c1. The first-order valence-corrected chi connectivity index (χ1v) is 6.69. The van der Waals surface area contributed by atoms with E-state index in [1.807, 2.05) is 0 Å². The second-order valence-corrected chi connectivity index (χ2v) is 5.24. The Morgan fingerprint density at radius 1 is 1.30 bits per heavy atom. The average molecular weight is 277 g/mol. The highest BCUT2D eigenvalue weighted by Gasteiger charge is 2.23. The largest absolute Gasteiger partial charge is 0.497 e. The molecule has 20 heavy (non-hydrogen) atoms. The van der Waals surface area contributed by atoms with Gasteiger partial charge < -0.3 is 14.7 Å². The summed E-state index contributed by atoms with van der Waals surface area (Å²) in [5.74, 6) is -0.281. The molecule has 1 amide bonds.